The first-order chi connectivity index (χ1) is 11.6. The summed E-state index contributed by atoms with van der Waals surface area (Å²) in [5.74, 6) is 1.49. The average Bonchev–Trinajstić information content (AvgIpc) is 2.64. The molecule has 0 bridgehead atoms. The van der Waals surface area contributed by atoms with Crippen molar-refractivity contribution in [3.05, 3.63) is 59.9 Å². The smallest absolute Gasteiger partial charge is 0.160 e. The molecule has 2 rings (SSSR count). The van der Waals surface area contributed by atoms with Gasteiger partial charge < -0.3 is 14.4 Å². The molecule has 0 fully saturated rings. The zero-order chi connectivity index (χ0) is 17.4. The van der Waals surface area contributed by atoms with Crippen LogP contribution in [0, 0.1) is 0 Å². The zero-order valence-corrected chi connectivity index (χ0v) is 15.0. The number of rotatable bonds is 7. The Morgan fingerprint density at radius 2 is 2.00 bits per heavy atom. The molecule has 0 amide bonds. The van der Waals surface area contributed by atoms with Gasteiger partial charge in [0.2, 0.25) is 0 Å². The van der Waals surface area contributed by atoms with Crippen LogP contribution >= 0.6 is 12.2 Å². The molecule has 0 aliphatic heterocycles. The molecule has 1 aromatic heterocycles. The molecule has 0 spiro atoms. The zero-order valence-electron chi connectivity index (χ0n) is 14.2. The maximum atomic E-state index is 5.45. The van der Waals surface area contributed by atoms with Gasteiger partial charge in [-0.05, 0) is 41.8 Å². The van der Waals surface area contributed by atoms with Crippen molar-refractivity contribution in [2.45, 2.75) is 6.42 Å². The van der Waals surface area contributed by atoms with Crippen LogP contribution in [0.25, 0.3) is 6.08 Å². The van der Waals surface area contributed by atoms with Crippen molar-refractivity contribution in [2.24, 2.45) is 0 Å². The Kier molecular flexibility index (Phi) is 6.75. The molecule has 126 valence electrons. The van der Waals surface area contributed by atoms with Gasteiger partial charge in [0, 0.05) is 26.0 Å². The maximum Gasteiger partial charge on any atom is 0.160 e. The highest BCUT2D eigenvalue weighted by molar-refractivity contribution is 7.80. The molecule has 0 aliphatic carbocycles. The normalized spacial score (nSPS) is 10.6. The minimum atomic E-state index is 0.740. The van der Waals surface area contributed by atoms with E-state index in [1.165, 1.54) is 5.56 Å². The molecule has 4 nitrogen and oxygen atoms in total. The number of benzene rings is 1. The Bertz CT molecular complexity index is 702. The highest BCUT2D eigenvalue weighted by Gasteiger charge is 2.06. The number of ether oxygens (including phenoxy) is 2. The molecule has 24 heavy (non-hydrogen) atoms. The van der Waals surface area contributed by atoms with E-state index in [4.69, 9.17) is 21.7 Å². The van der Waals surface area contributed by atoms with E-state index in [9.17, 15) is 0 Å². The van der Waals surface area contributed by atoms with E-state index >= 15 is 0 Å². The van der Waals surface area contributed by atoms with E-state index in [-0.39, 0.29) is 0 Å². The topological polar surface area (TPSA) is 34.6 Å². The summed E-state index contributed by atoms with van der Waals surface area (Å²) >= 11 is 5.45. The van der Waals surface area contributed by atoms with Crippen molar-refractivity contribution < 1.29 is 9.47 Å². The second-order valence-corrected chi connectivity index (χ2v) is 5.74. The van der Waals surface area contributed by atoms with Crippen molar-refractivity contribution in [3.8, 4) is 11.5 Å². The second-order valence-electron chi connectivity index (χ2n) is 5.32. The lowest BCUT2D eigenvalue weighted by atomic mass is 10.1. The molecule has 0 radical (unpaired) electrons. The summed E-state index contributed by atoms with van der Waals surface area (Å²) in [6.45, 7) is 0.825. The van der Waals surface area contributed by atoms with Crippen molar-refractivity contribution >= 4 is 23.3 Å². The molecule has 2 aromatic rings. The molecule has 1 aromatic carbocycles. The van der Waals surface area contributed by atoms with Gasteiger partial charge in [0.25, 0.3) is 0 Å². The number of methoxy groups -OCH3 is 2. The molecule has 0 saturated heterocycles. The van der Waals surface area contributed by atoms with E-state index < -0.39 is 0 Å². The monoisotopic (exact) mass is 342 g/mol. The Morgan fingerprint density at radius 1 is 1.21 bits per heavy atom. The fourth-order valence-electron chi connectivity index (χ4n) is 2.21. The fourth-order valence-corrected chi connectivity index (χ4v) is 2.37. The number of pyridine rings is 1. The first-order valence-electron chi connectivity index (χ1n) is 7.68. The molecule has 5 heteroatoms. The number of hydrogen-bond donors (Lipinski definition) is 0. The van der Waals surface area contributed by atoms with Crippen molar-refractivity contribution in [3.63, 3.8) is 0 Å². The molecular weight excluding hydrogens is 320 g/mol. The van der Waals surface area contributed by atoms with Crippen LogP contribution in [0.3, 0.4) is 0 Å². The van der Waals surface area contributed by atoms with Gasteiger partial charge in [-0.2, -0.15) is 0 Å². The summed E-state index contributed by atoms with van der Waals surface area (Å²) in [4.78, 5) is 6.93. The van der Waals surface area contributed by atoms with Crippen LogP contribution < -0.4 is 9.47 Å². The molecule has 0 aliphatic rings. The summed E-state index contributed by atoms with van der Waals surface area (Å²) in [7, 11) is 5.28. The fraction of sp³-hybridized carbons (Fsp3) is 0.263. The number of nitrogens with zero attached hydrogens (tertiary/aromatic N) is 2. The third-order valence-electron chi connectivity index (χ3n) is 3.66. The summed E-state index contributed by atoms with van der Waals surface area (Å²) in [6, 6.07) is 9.87. The maximum absolute atomic E-state index is 5.45. The highest BCUT2D eigenvalue weighted by Crippen LogP contribution is 2.27. The third kappa shape index (κ3) is 5.06. The highest BCUT2D eigenvalue weighted by atomic mass is 32.1. The predicted octanol–water partition coefficient (Wildman–Crippen LogP) is 3.61. The number of aromatic nitrogens is 1. The molecule has 0 N–H and O–H groups in total. The van der Waals surface area contributed by atoms with Gasteiger partial charge in [0.15, 0.2) is 11.5 Å². The molecule has 0 atom stereocenters. The van der Waals surface area contributed by atoms with E-state index in [0.29, 0.717) is 0 Å². The van der Waals surface area contributed by atoms with Crippen LogP contribution in [-0.4, -0.2) is 42.7 Å². The minimum absolute atomic E-state index is 0.740. The Morgan fingerprint density at radius 3 is 2.67 bits per heavy atom. The predicted molar refractivity (Wildman–Crippen MR) is 102 cm³/mol. The van der Waals surface area contributed by atoms with Crippen LogP contribution in [0.2, 0.25) is 0 Å². The lowest BCUT2D eigenvalue weighted by molar-refractivity contribution is 0.354. The quantitative estimate of drug-likeness (QED) is 0.567. The van der Waals surface area contributed by atoms with Gasteiger partial charge in [-0.25, -0.2) is 0 Å². The number of likely N-dealkylation sites (N-methyl/N-ethyl adjacent to an activating group) is 1. The van der Waals surface area contributed by atoms with E-state index in [1.807, 2.05) is 55.7 Å². The largest absolute Gasteiger partial charge is 0.493 e. The first kappa shape index (κ1) is 17.9. The second kappa shape index (κ2) is 9.03. The van der Waals surface area contributed by atoms with Gasteiger partial charge in [-0.1, -0.05) is 30.4 Å². The summed E-state index contributed by atoms with van der Waals surface area (Å²) < 4.78 is 10.6. The number of hydrogen-bond acceptors (Lipinski definition) is 4. The van der Waals surface area contributed by atoms with Gasteiger partial charge in [0.1, 0.15) is 4.99 Å². The van der Waals surface area contributed by atoms with E-state index in [1.54, 1.807) is 20.4 Å². The van der Waals surface area contributed by atoms with E-state index in [0.717, 1.165) is 35.0 Å². The van der Waals surface area contributed by atoms with Crippen LogP contribution in [0.5, 0.6) is 11.5 Å². The van der Waals surface area contributed by atoms with Crippen LogP contribution in [0.15, 0.2) is 48.8 Å². The van der Waals surface area contributed by atoms with Gasteiger partial charge in [-0.15, -0.1) is 0 Å². The Hall–Kier alpha value is -2.40. The molecule has 0 unspecified atom stereocenters. The summed E-state index contributed by atoms with van der Waals surface area (Å²) in [5, 5.41) is 0. The Labute approximate surface area is 148 Å². The molecular formula is C19H22N2O2S. The molecule has 0 saturated carbocycles. The lowest BCUT2D eigenvalue weighted by Gasteiger charge is -2.18. The van der Waals surface area contributed by atoms with Gasteiger partial charge in [-0.3, -0.25) is 4.98 Å². The van der Waals surface area contributed by atoms with Crippen LogP contribution in [-0.2, 0) is 6.42 Å². The minimum Gasteiger partial charge on any atom is -0.493 e. The van der Waals surface area contributed by atoms with Gasteiger partial charge in [0.05, 0.1) is 14.2 Å². The third-order valence-corrected chi connectivity index (χ3v) is 4.11. The average molecular weight is 342 g/mol. The van der Waals surface area contributed by atoms with Crippen molar-refractivity contribution in [2.75, 3.05) is 27.8 Å². The summed E-state index contributed by atoms with van der Waals surface area (Å²) in [6.07, 6.45) is 8.34. The SMILES string of the molecule is COc1ccc(CCN(C)C(=S)/C=C/c2cccnc2)cc1OC. The van der Waals surface area contributed by atoms with E-state index in [2.05, 4.69) is 9.88 Å². The van der Waals surface area contributed by atoms with Crippen LogP contribution in [0.4, 0.5) is 0 Å². The van der Waals surface area contributed by atoms with Gasteiger partial charge >= 0.3 is 0 Å². The van der Waals surface area contributed by atoms with Crippen LogP contribution in [0.1, 0.15) is 11.1 Å². The Balaban J connectivity index is 1.91. The number of thiocarbonyl (C=S) groups is 1. The molecule has 1 heterocycles. The first-order valence-corrected chi connectivity index (χ1v) is 8.09. The summed E-state index contributed by atoms with van der Waals surface area (Å²) in [5.41, 5.74) is 2.21. The van der Waals surface area contributed by atoms with Crippen molar-refractivity contribution in [1.82, 2.24) is 9.88 Å². The standard InChI is InChI=1S/C19H22N2O2S/c1-21(19(24)9-7-16-5-4-11-20-14-16)12-10-15-6-8-17(22-2)18(13-15)23-3/h4-9,11,13-14H,10,12H2,1-3H3/b9-7+. The lowest BCUT2D eigenvalue weighted by Crippen LogP contribution is -2.25. The van der Waals surface area contributed by atoms with Crippen molar-refractivity contribution in [1.29, 1.82) is 0 Å².